The molecule has 0 bridgehead atoms. The summed E-state index contributed by atoms with van der Waals surface area (Å²) in [6.07, 6.45) is 3.35. The molecule has 1 aliphatic heterocycles. The molecule has 3 heterocycles. The summed E-state index contributed by atoms with van der Waals surface area (Å²) in [6, 6.07) is 7.29. The Balaban J connectivity index is 1.50. The number of anilines is 2. The van der Waals surface area contributed by atoms with Gasteiger partial charge in [-0.3, -0.25) is 14.3 Å². The number of halogens is 3. The summed E-state index contributed by atoms with van der Waals surface area (Å²) in [4.78, 5) is 38.6. The number of carbonyl (C=O) groups excluding carboxylic acids is 2. The van der Waals surface area contributed by atoms with Gasteiger partial charge in [0.15, 0.2) is 5.78 Å². The number of nitrogens with zero attached hydrogens (tertiary/aromatic N) is 5. The van der Waals surface area contributed by atoms with E-state index < -0.39 is 26.6 Å². The highest BCUT2D eigenvalue weighted by molar-refractivity contribution is 7.92. The van der Waals surface area contributed by atoms with Crippen molar-refractivity contribution in [2.75, 3.05) is 42.9 Å². The molecule has 0 saturated carbocycles. The molecule has 1 N–H and O–H groups in total. The van der Waals surface area contributed by atoms with Crippen molar-refractivity contribution in [2.45, 2.75) is 11.8 Å². The Kier molecular flexibility index (Phi) is 8.35. The van der Waals surface area contributed by atoms with Gasteiger partial charge in [0.2, 0.25) is 11.8 Å². The van der Waals surface area contributed by atoms with Gasteiger partial charge < -0.3 is 14.5 Å². The predicted octanol–water partition coefficient (Wildman–Crippen LogP) is 4.23. The van der Waals surface area contributed by atoms with E-state index in [2.05, 4.69) is 19.7 Å². The highest BCUT2D eigenvalue weighted by atomic mass is 35.5. The number of hydrogen-bond donors (Lipinski definition) is 1. The number of pyridine rings is 1. The van der Waals surface area contributed by atoms with Crippen molar-refractivity contribution in [1.82, 2.24) is 19.9 Å². The number of nitrogens with one attached hydrogen (secondary N) is 1. The summed E-state index contributed by atoms with van der Waals surface area (Å²) < 4.78 is 72.4. The van der Waals surface area contributed by atoms with Gasteiger partial charge in [-0.1, -0.05) is 11.6 Å². The maximum atomic E-state index is 16.4. The van der Waals surface area contributed by atoms with Crippen LogP contribution < -0.4 is 14.4 Å². The highest BCUT2D eigenvalue weighted by Crippen LogP contribution is 2.36. The molecule has 2 aromatic carbocycles. The summed E-state index contributed by atoms with van der Waals surface area (Å²) in [5, 5.41) is 0.0264. The Hall–Kier alpha value is -4.69. The molecule has 0 unspecified atom stereocenters. The van der Waals surface area contributed by atoms with E-state index in [4.69, 9.17) is 17.7 Å². The maximum absolute atomic E-state index is 16.4. The van der Waals surface area contributed by atoms with Crippen LogP contribution >= 0.6 is 11.6 Å². The van der Waals surface area contributed by atoms with E-state index in [0.29, 0.717) is 0 Å². The average Bonchev–Trinajstić information content (AvgIpc) is 2.99. The number of aromatic nitrogens is 3. The van der Waals surface area contributed by atoms with Gasteiger partial charge in [-0.2, -0.15) is 0 Å². The van der Waals surface area contributed by atoms with Crippen molar-refractivity contribution in [3.63, 3.8) is 0 Å². The maximum Gasteiger partial charge on any atom is 0.264 e. The van der Waals surface area contributed by atoms with E-state index in [9.17, 15) is 22.4 Å². The predicted molar refractivity (Wildman–Crippen MR) is 160 cm³/mol. The van der Waals surface area contributed by atoms with E-state index in [1.54, 1.807) is 9.80 Å². The van der Waals surface area contributed by atoms with Crippen LogP contribution in [-0.2, 0) is 19.6 Å². The second kappa shape index (κ2) is 12.5. The third-order valence-corrected chi connectivity index (χ3v) is 8.44. The van der Waals surface area contributed by atoms with Crippen LogP contribution in [0.4, 0.5) is 20.3 Å². The standard InChI is InChI=1S/C29H25ClF2N6O5S/c1-17(39)3-8-25(40)37-9-11-38(12-10-37)28-26-22(34-16-35-28)6-5-20(27(26)32)18-13-23(29(43-2)33-15-18)36-44(41,42)24-7-4-19(30)14-21(24)31/h3-8,13-16,36H,9-12H2,1-2H3/b8-3+/i16D. The number of piperazine rings is 1. The van der Waals surface area contributed by atoms with E-state index >= 15 is 4.39 Å². The van der Waals surface area contributed by atoms with Gasteiger partial charge in [0.25, 0.3) is 10.0 Å². The Morgan fingerprint density at radius 3 is 2.50 bits per heavy atom. The van der Waals surface area contributed by atoms with Crippen molar-refractivity contribution in [3.8, 4) is 17.0 Å². The largest absolute Gasteiger partial charge is 0.480 e. The highest BCUT2D eigenvalue weighted by Gasteiger charge is 2.26. The van der Waals surface area contributed by atoms with Gasteiger partial charge in [0.05, 0.1) is 18.0 Å². The number of fused-ring (bicyclic) bond motifs is 1. The lowest BCUT2D eigenvalue weighted by Gasteiger charge is -2.35. The van der Waals surface area contributed by atoms with Crippen LogP contribution in [0.1, 0.15) is 8.29 Å². The van der Waals surface area contributed by atoms with E-state index in [1.165, 1.54) is 56.6 Å². The van der Waals surface area contributed by atoms with Gasteiger partial charge in [-0.15, -0.1) is 0 Å². The summed E-state index contributed by atoms with van der Waals surface area (Å²) in [7, 11) is -3.22. The number of ether oxygens (including phenoxy) is 1. The molecule has 0 spiro atoms. The van der Waals surface area contributed by atoms with Crippen LogP contribution in [-0.4, -0.2) is 73.2 Å². The monoisotopic (exact) mass is 643 g/mol. The number of rotatable bonds is 8. The first-order valence-electron chi connectivity index (χ1n) is 13.6. The molecule has 5 rings (SSSR count). The van der Waals surface area contributed by atoms with Crippen LogP contribution in [0.5, 0.6) is 5.88 Å². The molecular formula is C29H25ClF2N6O5S. The van der Waals surface area contributed by atoms with Crippen molar-refractivity contribution < 1.29 is 32.9 Å². The number of benzene rings is 2. The molecule has 1 amide bonds. The molecule has 0 aliphatic carbocycles. The molecule has 0 radical (unpaired) electrons. The van der Waals surface area contributed by atoms with Crippen molar-refractivity contribution in [2.24, 2.45) is 0 Å². The van der Waals surface area contributed by atoms with Gasteiger partial charge in [-0.05, 0) is 49.4 Å². The molecule has 2 aromatic heterocycles. The minimum Gasteiger partial charge on any atom is -0.480 e. The van der Waals surface area contributed by atoms with E-state index in [-0.39, 0.29) is 88.6 Å². The molecule has 1 fully saturated rings. The lowest BCUT2D eigenvalue weighted by molar-refractivity contribution is -0.126. The first-order valence-corrected chi connectivity index (χ1v) is 15.0. The average molecular weight is 644 g/mol. The fourth-order valence-corrected chi connectivity index (χ4v) is 5.93. The second-order valence-corrected chi connectivity index (χ2v) is 11.8. The normalized spacial score (nSPS) is 14.2. The van der Waals surface area contributed by atoms with Crippen LogP contribution in [0, 0.1) is 11.6 Å². The fraction of sp³-hybridized carbons (Fsp3) is 0.207. The first kappa shape index (κ1) is 29.4. The summed E-state index contributed by atoms with van der Waals surface area (Å²) in [6.45, 7) is 2.41. The Bertz CT molecular complexity index is 1970. The third-order valence-electron chi connectivity index (χ3n) is 6.80. The minimum absolute atomic E-state index is 0.0116. The molecule has 44 heavy (non-hydrogen) atoms. The van der Waals surface area contributed by atoms with E-state index in [0.717, 1.165) is 12.1 Å². The Morgan fingerprint density at radius 1 is 1.07 bits per heavy atom. The summed E-state index contributed by atoms with van der Waals surface area (Å²) >= 11 is 5.76. The molecule has 1 saturated heterocycles. The molecule has 4 aromatic rings. The number of amides is 1. The zero-order valence-electron chi connectivity index (χ0n) is 24.3. The molecule has 0 atom stereocenters. The molecule has 11 nitrogen and oxygen atoms in total. The number of allylic oxidation sites excluding steroid dienone is 1. The number of methoxy groups -OCH3 is 1. The van der Waals surface area contributed by atoms with Crippen LogP contribution in [0.3, 0.4) is 0 Å². The van der Waals surface area contributed by atoms with Crippen molar-refractivity contribution in [3.05, 3.63) is 77.7 Å². The number of ketones is 1. The molecule has 15 heteroatoms. The quantitative estimate of drug-likeness (QED) is 0.280. The van der Waals surface area contributed by atoms with Gasteiger partial charge in [0.1, 0.15) is 35.7 Å². The second-order valence-electron chi connectivity index (χ2n) is 9.69. The molecule has 228 valence electrons. The smallest absolute Gasteiger partial charge is 0.264 e. The summed E-state index contributed by atoms with van der Waals surface area (Å²) in [5.74, 6) is -2.41. The van der Waals surface area contributed by atoms with Crippen LogP contribution in [0.25, 0.3) is 22.0 Å². The van der Waals surface area contributed by atoms with Gasteiger partial charge >= 0.3 is 0 Å². The SMILES string of the molecule is [2H]c1nc(N2CCN(C(=O)/C=C/C(C)=O)CC2)c2c(F)c(-c3cnc(OC)c(NS(=O)(=O)c4ccc(Cl)cc4F)c3)ccc2n1. The van der Waals surface area contributed by atoms with Gasteiger partial charge in [0, 0.05) is 54.6 Å². The lowest BCUT2D eigenvalue weighted by atomic mass is 10.0. The van der Waals surface area contributed by atoms with E-state index in [1.807, 2.05) is 0 Å². The van der Waals surface area contributed by atoms with Crippen LogP contribution in [0.2, 0.25) is 5.02 Å². The fourth-order valence-electron chi connectivity index (χ4n) is 4.67. The van der Waals surface area contributed by atoms with Crippen LogP contribution in [0.15, 0.2) is 65.9 Å². The lowest BCUT2D eigenvalue weighted by Crippen LogP contribution is -2.48. The Labute approximate surface area is 257 Å². The van der Waals surface area contributed by atoms with Crippen molar-refractivity contribution >= 4 is 55.7 Å². The van der Waals surface area contributed by atoms with Gasteiger partial charge in [-0.25, -0.2) is 32.2 Å². The first-order chi connectivity index (χ1) is 21.4. The minimum atomic E-state index is -4.48. The zero-order valence-corrected chi connectivity index (χ0v) is 24.9. The zero-order chi connectivity index (χ0) is 32.5. The topological polar surface area (TPSA) is 135 Å². The summed E-state index contributed by atoms with van der Waals surface area (Å²) in [5.41, 5.74) is 0.149. The number of hydrogen-bond acceptors (Lipinski definition) is 9. The molecular weight excluding hydrogens is 618 g/mol. The van der Waals surface area contributed by atoms with Crippen molar-refractivity contribution in [1.29, 1.82) is 0 Å². The third kappa shape index (κ3) is 6.31. The molecule has 1 aliphatic rings. The Morgan fingerprint density at radius 2 is 1.82 bits per heavy atom. The number of carbonyl (C=O) groups is 2. The number of sulfonamides is 1.